The largest absolute Gasteiger partial charge is 0.362 e. The van der Waals surface area contributed by atoms with Crippen LogP contribution >= 0.6 is 11.6 Å². The molecule has 0 aliphatic heterocycles. The topological polar surface area (TPSA) is 92.3 Å². The van der Waals surface area contributed by atoms with Gasteiger partial charge in [-0.25, -0.2) is 19.9 Å². The van der Waals surface area contributed by atoms with Gasteiger partial charge in [0, 0.05) is 28.4 Å². The van der Waals surface area contributed by atoms with E-state index < -0.39 is 0 Å². The summed E-state index contributed by atoms with van der Waals surface area (Å²) in [6.45, 7) is 4.05. The Hall–Kier alpha value is -3.58. The third kappa shape index (κ3) is 3.13. The highest BCUT2D eigenvalue weighted by Crippen LogP contribution is 2.34. The standard InChI is InChI=1S/C22H18ClN7/c1-12-15(6-4-8-24-12)19-16(9-14-5-3-7-17(23)18(14)30-19)13(2)29-22-20-21(26-10-25-20)27-11-28-22/h3-11,13H,1-2H3,(H2,25,26,27,28,29)/t13-/m1/s1. The van der Waals surface area contributed by atoms with Crippen molar-refractivity contribution in [1.29, 1.82) is 0 Å². The van der Waals surface area contributed by atoms with Gasteiger partial charge in [0.2, 0.25) is 0 Å². The Balaban J connectivity index is 1.68. The van der Waals surface area contributed by atoms with Crippen LogP contribution in [0.2, 0.25) is 5.02 Å². The van der Waals surface area contributed by atoms with E-state index in [1.165, 1.54) is 6.33 Å². The molecule has 0 radical (unpaired) electrons. The van der Waals surface area contributed by atoms with Crippen molar-refractivity contribution in [2.45, 2.75) is 19.9 Å². The summed E-state index contributed by atoms with van der Waals surface area (Å²) in [4.78, 5) is 25.3. The molecule has 148 valence electrons. The second-order valence-electron chi connectivity index (χ2n) is 7.06. The summed E-state index contributed by atoms with van der Waals surface area (Å²) in [5.41, 5.74) is 5.88. The smallest absolute Gasteiger partial charge is 0.162 e. The Kier molecular flexibility index (Phi) is 4.52. The first kappa shape index (κ1) is 18.4. The van der Waals surface area contributed by atoms with Crippen LogP contribution < -0.4 is 5.32 Å². The maximum absolute atomic E-state index is 6.45. The fourth-order valence-electron chi connectivity index (χ4n) is 3.61. The molecule has 0 fully saturated rings. The van der Waals surface area contributed by atoms with Crippen molar-refractivity contribution < 1.29 is 0 Å². The average Bonchev–Trinajstić information content (AvgIpc) is 3.24. The van der Waals surface area contributed by atoms with Gasteiger partial charge in [-0.3, -0.25) is 4.98 Å². The number of benzene rings is 1. The lowest BCUT2D eigenvalue weighted by molar-refractivity contribution is 0.872. The molecule has 0 saturated carbocycles. The molecule has 0 saturated heterocycles. The summed E-state index contributed by atoms with van der Waals surface area (Å²) >= 11 is 6.45. The number of aryl methyl sites for hydroxylation is 1. The summed E-state index contributed by atoms with van der Waals surface area (Å²) in [6.07, 6.45) is 4.91. The summed E-state index contributed by atoms with van der Waals surface area (Å²) in [5, 5.41) is 5.07. The first-order valence-electron chi connectivity index (χ1n) is 9.53. The summed E-state index contributed by atoms with van der Waals surface area (Å²) in [7, 11) is 0. The lowest BCUT2D eigenvalue weighted by Gasteiger charge is -2.20. The molecule has 5 rings (SSSR count). The van der Waals surface area contributed by atoms with Gasteiger partial charge in [-0.05, 0) is 38.1 Å². The number of hydrogen-bond acceptors (Lipinski definition) is 6. The van der Waals surface area contributed by atoms with Gasteiger partial charge in [0.15, 0.2) is 11.5 Å². The van der Waals surface area contributed by atoms with E-state index in [2.05, 4.69) is 43.2 Å². The molecule has 2 N–H and O–H groups in total. The van der Waals surface area contributed by atoms with Crippen molar-refractivity contribution in [3.63, 3.8) is 0 Å². The molecule has 0 bridgehead atoms. The van der Waals surface area contributed by atoms with Crippen LogP contribution in [0.1, 0.15) is 24.2 Å². The zero-order valence-electron chi connectivity index (χ0n) is 16.4. The van der Waals surface area contributed by atoms with E-state index >= 15 is 0 Å². The van der Waals surface area contributed by atoms with Crippen LogP contribution in [0, 0.1) is 6.92 Å². The quantitative estimate of drug-likeness (QED) is 0.424. The number of hydrogen-bond donors (Lipinski definition) is 2. The highest BCUT2D eigenvalue weighted by molar-refractivity contribution is 6.35. The highest BCUT2D eigenvalue weighted by atomic mass is 35.5. The SMILES string of the molecule is Cc1ncccc1-c1nc2c(Cl)cccc2cc1[C@@H](C)Nc1ncnc2[nH]cnc12. The second kappa shape index (κ2) is 7.35. The van der Waals surface area contributed by atoms with E-state index in [1.54, 1.807) is 12.5 Å². The molecule has 0 unspecified atom stereocenters. The minimum Gasteiger partial charge on any atom is -0.362 e. The number of anilines is 1. The molecule has 0 aliphatic rings. The van der Waals surface area contributed by atoms with Crippen LogP contribution in [0.4, 0.5) is 5.82 Å². The van der Waals surface area contributed by atoms with Crippen molar-refractivity contribution in [3.05, 3.63) is 71.5 Å². The lowest BCUT2D eigenvalue weighted by atomic mass is 9.97. The van der Waals surface area contributed by atoms with Crippen LogP contribution in [0.3, 0.4) is 0 Å². The zero-order valence-corrected chi connectivity index (χ0v) is 17.1. The van der Waals surface area contributed by atoms with Crippen molar-refractivity contribution in [1.82, 2.24) is 29.9 Å². The molecule has 5 aromatic rings. The molecular formula is C22H18ClN7. The van der Waals surface area contributed by atoms with Crippen LogP contribution in [0.25, 0.3) is 33.3 Å². The molecule has 1 atom stereocenters. The van der Waals surface area contributed by atoms with Crippen molar-refractivity contribution >= 4 is 39.5 Å². The molecule has 4 heterocycles. The third-order valence-corrected chi connectivity index (χ3v) is 5.43. The lowest BCUT2D eigenvalue weighted by Crippen LogP contribution is -2.11. The van der Waals surface area contributed by atoms with E-state index in [4.69, 9.17) is 16.6 Å². The summed E-state index contributed by atoms with van der Waals surface area (Å²) in [6, 6.07) is 11.8. The minimum atomic E-state index is -0.106. The third-order valence-electron chi connectivity index (χ3n) is 5.13. The predicted octanol–water partition coefficient (Wildman–Crippen LogP) is 5.10. The first-order valence-corrected chi connectivity index (χ1v) is 9.91. The van der Waals surface area contributed by atoms with Crippen molar-refractivity contribution in [2.75, 3.05) is 5.32 Å². The highest BCUT2D eigenvalue weighted by Gasteiger charge is 2.19. The molecule has 0 spiro atoms. The van der Waals surface area contributed by atoms with E-state index in [1.807, 2.05) is 37.3 Å². The number of nitrogens with one attached hydrogen (secondary N) is 2. The van der Waals surface area contributed by atoms with Crippen LogP contribution in [-0.4, -0.2) is 29.9 Å². The molecular weight excluding hydrogens is 398 g/mol. The van der Waals surface area contributed by atoms with E-state index in [0.29, 0.717) is 22.0 Å². The fraction of sp³-hybridized carbons (Fsp3) is 0.136. The number of pyridine rings is 2. The maximum Gasteiger partial charge on any atom is 0.162 e. The number of imidazole rings is 1. The van der Waals surface area contributed by atoms with E-state index in [0.717, 1.165) is 33.4 Å². The van der Waals surface area contributed by atoms with Gasteiger partial charge in [-0.1, -0.05) is 23.7 Å². The Bertz CT molecular complexity index is 1380. The van der Waals surface area contributed by atoms with Crippen LogP contribution in [-0.2, 0) is 0 Å². The Labute approximate surface area is 177 Å². The van der Waals surface area contributed by atoms with Gasteiger partial charge < -0.3 is 10.3 Å². The normalized spacial score (nSPS) is 12.4. The number of para-hydroxylation sites is 1. The maximum atomic E-state index is 6.45. The second-order valence-corrected chi connectivity index (χ2v) is 7.47. The van der Waals surface area contributed by atoms with Crippen LogP contribution in [0.15, 0.2) is 55.2 Å². The predicted molar refractivity (Wildman–Crippen MR) is 118 cm³/mol. The van der Waals surface area contributed by atoms with Gasteiger partial charge >= 0.3 is 0 Å². The van der Waals surface area contributed by atoms with Gasteiger partial charge in [0.25, 0.3) is 0 Å². The molecule has 8 heteroatoms. The molecule has 30 heavy (non-hydrogen) atoms. The van der Waals surface area contributed by atoms with E-state index in [9.17, 15) is 0 Å². The number of rotatable bonds is 4. The number of nitrogens with zero attached hydrogens (tertiary/aromatic N) is 5. The Morgan fingerprint density at radius 3 is 2.80 bits per heavy atom. The number of halogens is 1. The van der Waals surface area contributed by atoms with Gasteiger partial charge in [-0.2, -0.15) is 0 Å². The fourth-order valence-corrected chi connectivity index (χ4v) is 3.84. The zero-order chi connectivity index (χ0) is 20.7. The molecule has 7 nitrogen and oxygen atoms in total. The molecule has 0 aliphatic carbocycles. The van der Waals surface area contributed by atoms with Crippen molar-refractivity contribution in [2.24, 2.45) is 0 Å². The molecule has 1 aromatic carbocycles. The minimum absolute atomic E-state index is 0.106. The molecule has 0 amide bonds. The number of fused-ring (bicyclic) bond motifs is 2. The molecule has 4 aromatic heterocycles. The Morgan fingerprint density at radius 1 is 1.03 bits per heavy atom. The van der Waals surface area contributed by atoms with E-state index in [-0.39, 0.29) is 6.04 Å². The van der Waals surface area contributed by atoms with Gasteiger partial charge in [0.05, 0.1) is 28.6 Å². The summed E-state index contributed by atoms with van der Waals surface area (Å²) in [5.74, 6) is 0.661. The summed E-state index contributed by atoms with van der Waals surface area (Å²) < 4.78 is 0. The first-order chi connectivity index (χ1) is 14.6. The van der Waals surface area contributed by atoms with Crippen molar-refractivity contribution in [3.8, 4) is 11.3 Å². The van der Waals surface area contributed by atoms with Crippen LogP contribution in [0.5, 0.6) is 0 Å². The average molecular weight is 416 g/mol. The number of aromatic nitrogens is 6. The monoisotopic (exact) mass is 415 g/mol. The van der Waals surface area contributed by atoms with Gasteiger partial charge in [0.1, 0.15) is 11.8 Å². The number of aromatic amines is 1. The number of H-pyrrole nitrogens is 1. The Morgan fingerprint density at radius 2 is 1.93 bits per heavy atom. The van der Waals surface area contributed by atoms with Gasteiger partial charge in [-0.15, -0.1) is 0 Å².